The largest absolute Gasteiger partial charge is 0.272 e. The van der Waals surface area contributed by atoms with Crippen molar-refractivity contribution in [1.29, 1.82) is 0 Å². The van der Waals surface area contributed by atoms with Crippen molar-refractivity contribution in [1.82, 2.24) is 25.0 Å². The number of anilines is 1. The number of hydrogen-bond donors (Lipinski definition) is 0. The summed E-state index contributed by atoms with van der Waals surface area (Å²) in [5.74, 6) is 1.42. The molecule has 4 rings (SSSR count). The van der Waals surface area contributed by atoms with E-state index in [0.29, 0.717) is 35.2 Å². The molecule has 0 bridgehead atoms. The Morgan fingerprint density at radius 2 is 2.00 bits per heavy atom. The van der Waals surface area contributed by atoms with Gasteiger partial charge < -0.3 is 0 Å². The third-order valence-corrected chi connectivity index (χ3v) is 4.65. The van der Waals surface area contributed by atoms with Gasteiger partial charge in [-0.05, 0) is 18.1 Å². The highest BCUT2D eigenvalue weighted by Crippen LogP contribution is 2.29. The van der Waals surface area contributed by atoms with E-state index >= 15 is 0 Å². The van der Waals surface area contributed by atoms with Crippen LogP contribution in [0.25, 0.3) is 11.2 Å². The van der Waals surface area contributed by atoms with Crippen molar-refractivity contribution in [2.75, 3.05) is 18.2 Å². The summed E-state index contributed by atoms with van der Waals surface area (Å²) in [6, 6.07) is 7.72. The topological polar surface area (TPSA) is 69.0 Å². The van der Waals surface area contributed by atoms with Gasteiger partial charge in [0.25, 0.3) is 0 Å². The molecule has 0 saturated carbocycles. The van der Waals surface area contributed by atoms with Gasteiger partial charge in [0.05, 0.1) is 13.2 Å². The average molecular weight is 373 g/mol. The Labute approximate surface area is 156 Å². The first-order valence-corrected chi connectivity index (χ1v) is 9.07. The van der Waals surface area contributed by atoms with E-state index in [4.69, 9.17) is 26.4 Å². The average Bonchev–Trinajstić information content (AvgIpc) is 3.25. The van der Waals surface area contributed by atoms with Crippen LogP contribution in [-0.2, 0) is 16.8 Å². The summed E-state index contributed by atoms with van der Waals surface area (Å²) in [7, 11) is 0. The molecular formula is C18H21ClN6O. The zero-order valence-electron chi connectivity index (χ0n) is 15.1. The second kappa shape index (κ2) is 6.48. The monoisotopic (exact) mass is 372 g/mol. The fourth-order valence-corrected chi connectivity index (χ4v) is 3.06. The molecule has 8 heteroatoms. The normalized spacial score (nSPS) is 15.2. The Hall–Kier alpha value is -2.25. The Balaban J connectivity index is 1.85. The highest BCUT2D eigenvalue weighted by molar-refractivity contribution is 6.31. The fourth-order valence-electron chi connectivity index (χ4n) is 2.86. The highest BCUT2D eigenvalue weighted by atomic mass is 35.5. The molecule has 1 fully saturated rings. The van der Waals surface area contributed by atoms with Gasteiger partial charge in [-0.2, -0.15) is 0 Å². The first kappa shape index (κ1) is 17.2. The molecule has 1 aliphatic rings. The Morgan fingerprint density at radius 1 is 1.19 bits per heavy atom. The standard InChI is InChI=1S/C18H21ClN6O/c1-18(2,3)17-20-15-14(16(21-17)25-9-6-10-26-25)22-23-24(15)11-12-7-4-5-8-13(12)19/h4-5,7-8H,6,9-11H2,1-3H3. The minimum atomic E-state index is -0.206. The summed E-state index contributed by atoms with van der Waals surface area (Å²) < 4.78 is 1.77. The number of fused-ring (bicyclic) bond motifs is 1. The number of nitrogens with zero attached hydrogens (tertiary/aromatic N) is 6. The minimum Gasteiger partial charge on any atom is -0.272 e. The summed E-state index contributed by atoms with van der Waals surface area (Å²) in [4.78, 5) is 15.2. The van der Waals surface area contributed by atoms with Gasteiger partial charge in [-0.1, -0.05) is 55.8 Å². The molecule has 0 N–H and O–H groups in total. The summed E-state index contributed by atoms with van der Waals surface area (Å²) in [5.41, 5.74) is 2.10. The molecule has 0 unspecified atom stereocenters. The number of hydrogen-bond acceptors (Lipinski definition) is 6. The molecular weight excluding hydrogens is 352 g/mol. The van der Waals surface area contributed by atoms with Crippen molar-refractivity contribution < 1.29 is 4.84 Å². The summed E-state index contributed by atoms with van der Waals surface area (Å²) in [6.45, 7) is 8.23. The Morgan fingerprint density at radius 3 is 2.69 bits per heavy atom. The molecule has 26 heavy (non-hydrogen) atoms. The van der Waals surface area contributed by atoms with Crippen LogP contribution in [0.5, 0.6) is 0 Å². The van der Waals surface area contributed by atoms with Crippen molar-refractivity contribution >= 4 is 28.6 Å². The SMILES string of the molecule is CC(C)(C)c1nc(N2CCCO2)c2nnn(Cc3ccccc3Cl)c2n1. The maximum Gasteiger partial charge on any atom is 0.186 e. The third kappa shape index (κ3) is 3.12. The van der Waals surface area contributed by atoms with Crippen molar-refractivity contribution in [2.45, 2.75) is 39.2 Å². The van der Waals surface area contributed by atoms with Gasteiger partial charge in [0.2, 0.25) is 0 Å². The molecule has 2 aromatic heterocycles. The van der Waals surface area contributed by atoms with E-state index in [-0.39, 0.29) is 5.41 Å². The van der Waals surface area contributed by atoms with Gasteiger partial charge in [-0.25, -0.2) is 19.7 Å². The molecule has 3 aromatic rings. The molecule has 0 spiro atoms. The van der Waals surface area contributed by atoms with Crippen LogP contribution in [-0.4, -0.2) is 38.1 Å². The zero-order chi connectivity index (χ0) is 18.3. The van der Waals surface area contributed by atoms with Crippen LogP contribution in [0, 0.1) is 0 Å². The molecule has 0 radical (unpaired) electrons. The lowest BCUT2D eigenvalue weighted by Crippen LogP contribution is -2.23. The van der Waals surface area contributed by atoms with Crippen molar-refractivity contribution in [3.63, 3.8) is 0 Å². The number of hydroxylamine groups is 1. The molecule has 7 nitrogen and oxygen atoms in total. The van der Waals surface area contributed by atoms with E-state index < -0.39 is 0 Å². The molecule has 136 valence electrons. The maximum atomic E-state index is 6.31. The van der Waals surface area contributed by atoms with Crippen molar-refractivity contribution in [2.24, 2.45) is 0 Å². The maximum absolute atomic E-state index is 6.31. The second-order valence-corrected chi connectivity index (χ2v) is 7.83. The fraction of sp³-hybridized carbons (Fsp3) is 0.444. The lowest BCUT2D eigenvalue weighted by Gasteiger charge is -2.21. The lowest BCUT2D eigenvalue weighted by atomic mass is 9.96. The Bertz CT molecular complexity index is 942. The predicted molar refractivity (Wildman–Crippen MR) is 100 cm³/mol. The highest BCUT2D eigenvalue weighted by Gasteiger charge is 2.27. The van der Waals surface area contributed by atoms with Crippen molar-refractivity contribution in [3.05, 3.63) is 40.7 Å². The van der Waals surface area contributed by atoms with E-state index in [1.165, 1.54) is 0 Å². The van der Waals surface area contributed by atoms with Crippen LogP contribution in [0.1, 0.15) is 38.6 Å². The Kier molecular flexibility index (Phi) is 4.28. The molecule has 0 amide bonds. The van der Waals surface area contributed by atoms with Gasteiger partial charge in [-0.15, -0.1) is 5.10 Å². The molecule has 1 aliphatic heterocycles. The third-order valence-electron chi connectivity index (χ3n) is 4.28. The number of halogens is 1. The van der Waals surface area contributed by atoms with E-state index in [1.54, 1.807) is 9.75 Å². The van der Waals surface area contributed by atoms with E-state index in [9.17, 15) is 0 Å². The first-order valence-electron chi connectivity index (χ1n) is 8.69. The molecule has 3 heterocycles. The van der Waals surface area contributed by atoms with E-state index in [1.807, 2.05) is 24.3 Å². The second-order valence-electron chi connectivity index (χ2n) is 7.42. The van der Waals surface area contributed by atoms with Gasteiger partial charge >= 0.3 is 0 Å². The molecule has 0 atom stereocenters. The summed E-state index contributed by atoms with van der Waals surface area (Å²) in [6.07, 6.45) is 0.962. The minimum absolute atomic E-state index is 0.206. The van der Waals surface area contributed by atoms with Crippen LogP contribution >= 0.6 is 11.6 Å². The van der Waals surface area contributed by atoms with Gasteiger partial charge in [0, 0.05) is 17.0 Å². The number of aromatic nitrogens is 5. The van der Waals surface area contributed by atoms with Crippen LogP contribution in [0.2, 0.25) is 5.02 Å². The summed E-state index contributed by atoms with van der Waals surface area (Å²) in [5, 5.41) is 11.1. The van der Waals surface area contributed by atoms with Gasteiger partial charge in [0.15, 0.2) is 17.0 Å². The number of rotatable bonds is 3. The zero-order valence-corrected chi connectivity index (χ0v) is 15.9. The van der Waals surface area contributed by atoms with E-state index in [2.05, 4.69) is 31.1 Å². The predicted octanol–water partition coefficient (Wildman–Crippen LogP) is 3.36. The molecule has 0 aliphatic carbocycles. The summed E-state index contributed by atoms with van der Waals surface area (Å²) >= 11 is 6.31. The van der Waals surface area contributed by atoms with Crippen LogP contribution in [0.4, 0.5) is 5.82 Å². The first-order chi connectivity index (χ1) is 12.4. The molecule has 1 aromatic carbocycles. The van der Waals surface area contributed by atoms with Crippen molar-refractivity contribution in [3.8, 4) is 0 Å². The van der Waals surface area contributed by atoms with E-state index in [0.717, 1.165) is 24.4 Å². The van der Waals surface area contributed by atoms with Gasteiger partial charge in [-0.3, -0.25) is 4.84 Å². The molecule has 1 saturated heterocycles. The van der Waals surface area contributed by atoms with Gasteiger partial charge in [0.1, 0.15) is 5.82 Å². The quantitative estimate of drug-likeness (QED) is 0.702. The lowest BCUT2D eigenvalue weighted by molar-refractivity contribution is 0.166. The number of benzene rings is 1. The van der Waals surface area contributed by atoms with Crippen LogP contribution in [0.3, 0.4) is 0 Å². The van der Waals surface area contributed by atoms with Crippen LogP contribution < -0.4 is 5.06 Å². The van der Waals surface area contributed by atoms with Crippen LogP contribution in [0.15, 0.2) is 24.3 Å². The smallest absolute Gasteiger partial charge is 0.186 e.